The van der Waals surface area contributed by atoms with Gasteiger partial charge in [0.15, 0.2) is 5.78 Å². The van der Waals surface area contributed by atoms with E-state index < -0.39 is 0 Å². The molecule has 0 saturated heterocycles. The minimum Gasteiger partial charge on any atom is -0.496 e. The molecule has 3 aromatic rings. The first-order chi connectivity index (χ1) is 11.4. The normalized spacial score (nSPS) is 11.5. The van der Waals surface area contributed by atoms with E-state index in [1.165, 1.54) is 0 Å². The van der Waals surface area contributed by atoms with E-state index in [2.05, 4.69) is 30.7 Å². The van der Waals surface area contributed by atoms with Crippen LogP contribution in [0.15, 0.2) is 48.8 Å². The van der Waals surface area contributed by atoms with Gasteiger partial charge in [-0.25, -0.2) is 0 Å². The maximum atomic E-state index is 13.0. The second kappa shape index (κ2) is 6.04. The number of carbonyl (C=O) groups excluding carboxylic acids is 1. The number of nitrogens with zero attached hydrogens (tertiary/aromatic N) is 2. The van der Waals surface area contributed by atoms with Crippen molar-refractivity contribution < 1.29 is 9.53 Å². The van der Waals surface area contributed by atoms with E-state index in [4.69, 9.17) is 4.74 Å². The standard InChI is InChI=1S/C20H20N2O2/c1-20(2,3)14-6-8-18(24-4)15(12-14)19(23)13-5-7-16-17(11-13)22-10-9-21-16/h5-12H,1-4H3. The van der Waals surface area contributed by atoms with Crippen molar-refractivity contribution in [1.29, 1.82) is 0 Å². The van der Waals surface area contributed by atoms with Crippen LogP contribution in [0.4, 0.5) is 0 Å². The maximum Gasteiger partial charge on any atom is 0.196 e. The third-order valence-electron chi connectivity index (χ3n) is 4.04. The van der Waals surface area contributed by atoms with Crippen LogP contribution in [-0.4, -0.2) is 22.9 Å². The molecule has 1 heterocycles. The SMILES string of the molecule is COc1ccc(C(C)(C)C)cc1C(=O)c1ccc2nccnc2c1. The van der Waals surface area contributed by atoms with Crippen LogP contribution < -0.4 is 4.74 Å². The minimum absolute atomic E-state index is 0.0455. The summed E-state index contributed by atoms with van der Waals surface area (Å²) < 4.78 is 5.39. The molecule has 0 unspecified atom stereocenters. The summed E-state index contributed by atoms with van der Waals surface area (Å²) in [5.41, 5.74) is 3.65. The molecule has 0 bridgehead atoms. The van der Waals surface area contributed by atoms with Crippen LogP contribution in [0.2, 0.25) is 0 Å². The van der Waals surface area contributed by atoms with Crippen LogP contribution >= 0.6 is 0 Å². The molecule has 0 saturated carbocycles. The van der Waals surface area contributed by atoms with Crippen molar-refractivity contribution >= 4 is 16.8 Å². The van der Waals surface area contributed by atoms with Crippen LogP contribution in [0.3, 0.4) is 0 Å². The summed E-state index contributed by atoms with van der Waals surface area (Å²) >= 11 is 0. The average molecular weight is 320 g/mol. The summed E-state index contributed by atoms with van der Waals surface area (Å²) in [6, 6.07) is 11.1. The van der Waals surface area contributed by atoms with Gasteiger partial charge in [-0.2, -0.15) is 0 Å². The van der Waals surface area contributed by atoms with Gasteiger partial charge >= 0.3 is 0 Å². The van der Waals surface area contributed by atoms with E-state index in [9.17, 15) is 4.79 Å². The lowest BCUT2D eigenvalue weighted by atomic mass is 9.85. The van der Waals surface area contributed by atoms with Crippen LogP contribution in [0.5, 0.6) is 5.75 Å². The number of hydrogen-bond acceptors (Lipinski definition) is 4. The molecule has 122 valence electrons. The summed E-state index contributed by atoms with van der Waals surface area (Å²) in [5, 5.41) is 0. The van der Waals surface area contributed by atoms with Gasteiger partial charge in [0.25, 0.3) is 0 Å². The van der Waals surface area contributed by atoms with E-state index in [1.807, 2.05) is 24.3 Å². The fourth-order valence-corrected chi connectivity index (χ4v) is 2.61. The van der Waals surface area contributed by atoms with E-state index in [0.717, 1.165) is 11.1 Å². The molecule has 0 N–H and O–H groups in total. The summed E-state index contributed by atoms with van der Waals surface area (Å²) in [6.45, 7) is 6.36. The zero-order valence-corrected chi connectivity index (χ0v) is 14.3. The lowest BCUT2D eigenvalue weighted by Crippen LogP contribution is -2.13. The Balaban J connectivity index is 2.10. The number of benzene rings is 2. The van der Waals surface area contributed by atoms with Crippen molar-refractivity contribution in [2.24, 2.45) is 0 Å². The van der Waals surface area contributed by atoms with Gasteiger partial charge in [-0.05, 0) is 41.3 Å². The highest BCUT2D eigenvalue weighted by Gasteiger charge is 2.20. The van der Waals surface area contributed by atoms with Crippen molar-refractivity contribution in [3.8, 4) is 5.75 Å². The van der Waals surface area contributed by atoms with Gasteiger partial charge in [-0.1, -0.05) is 26.8 Å². The Morgan fingerprint density at radius 2 is 1.67 bits per heavy atom. The monoisotopic (exact) mass is 320 g/mol. The Hall–Kier alpha value is -2.75. The quantitative estimate of drug-likeness (QED) is 0.680. The highest BCUT2D eigenvalue weighted by atomic mass is 16.5. The zero-order chi connectivity index (χ0) is 17.3. The van der Waals surface area contributed by atoms with Gasteiger partial charge in [0.1, 0.15) is 5.75 Å². The smallest absolute Gasteiger partial charge is 0.196 e. The number of hydrogen-bond donors (Lipinski definition) is 0. The number of carbonyl (C=O) groups is 1. The molecular weight excluding hydrogens is 300 g/mol. The van der Waals surface area contributed by atoms with E-state index in [-0.39, 0.29) is 11.2 Å². The summed E-state index contributed by atoms with van der Waals surface area (Å²) in [5.74, 6) is 0.498. The third kappa shape index (κ3) is 3.00. The number of fused-ring (bicyclic) bond motifs is 1. The molecule has 3 rings (SSSR count). The van der Waals surface area contributed by atoms with Crippen LogP contribution in [0, 0.1) is 0 Å². The van der Waals surface area contributed by atoms with Gasteiger partial charge in [-0.15, -0.1) is 0 Å². The Morgan fingerprint density at radius 1 is 0.958 bits per heavy atom. The Kier molecular flexibility index (Phi) is 4.06. The van der Waals surface area contributed by atoms with E-state index in [1.54, 1.807) is 31.6 Å². The predicted octanol–water partition coefficient (Wildman–Crippen LogP) is 4.17. The van der Waals surface area contributed by atoms with Gasteiger partial charge in [0, 0.05) is 18.0 Å². The fraction of sp³-hybridized carbons (Fsp3) is 0.250. The summed E-state index contributed by atoms with van der Waals surface area (Å²) in [4.78, 5) is 21.5. The van der Waals surface area contributed by atoms with Crippen LogP contribution in [0.1, 0.15) is 42.3 Å². The number of ether oxygens (including phenoxy) is 1. The lowest BCUT2D eigenvalue weighted by molar-refractivity contribution is 0.103. The van der Waals surface area contributed by atoms with Crippen molar-refractivity contribution in [3.63, 3.8) is 0 Å². The van der Waals surface area contributed by atoms with E-state index in [0.29, 0.717) is 22.4 Å². The number of rotatable bonds is 3. The number of ketones is 1. The van der Waals surface area contributed by atoms with E-state index >= 15 is 0 Å². The predicted molar refractivity (Wildman–Crippen MR) is 94.7 cm³/mol. The zero-order valence-electron chi connectivity index (χ0n) is 14.3. The number of methoxy groups -OCH3 is 1. The minimum atomic E-state index is -0.0782. The second-order valence-corrected chi connectivity index (χ2v) is 6.75. The number of aromatic nitrogens is 2. The Morgan fingerprint density at radius 3 is 2.33 bits per heavy atom. The van der Waals surface area contributed by atoms with Gasteiger partial charge < -0.3 is 4.74 Å². The largest absolute Gasteiger partial charge is 0.496 e. The maximum absolute atomic E-state index is 13.0. The van der Waals surface area contributed by atoms with Crippen molar-refractivity contribution in [1.82, 2.24) is 9.97 Å². The first-order valence-electron chi connectivity index (χ1n) is 7.84. The molecule has 2 aromatic carbocycles. The molecule has 0 aliphatic rings. The molecule has 24 heavy (non-hydrogen) atoms. The topological polar surface area (TPSA) is 52.1 Å². The second-order valence-electron chi connectivity index (χ2n) is 6.75. The summed E-state index contributed by atoms with van der Waals surface area (Å²) in [6.07, 6.45) is 3.26. The molecule has 4 heteroatoms. The molecule has 4 nitrogen and oxygen atoms in total. The average Bonchev–Trinajstić information content (AvgIpc) is 2.59. The Bertz CT molecular complexity index is 911. The molecule has 0 radical (unpaired) electrons. The first-order valence-corrected chi connectivity index (χ1v) is 7.84. The third-order valence-corrected chi connectivity index (χ3v) is 4.04. The van der Waals surface area contributed by atoms with Crippen LogP contribution in [0.25, 0.3) is 11.0 Å². The van der Waals surface area contributed by atoms with Crippen molar-refractivity contribution in [2.75, 3.05) is 7.11 Å². The highest BCUT2D eigenvalue weighted by molar-refractivity contribution is 6.12. The Labute approximate surface area is 141 Å². The molecule has 0 atom stereocenters. The first kappa shape index (κ1) is 16.1. The van der Waals surface area contributed by atoms with Crippen molar-refractivity contribution in [2.45, 2.75) is 26.2 Å². The molecule has 0 fully saturated rings. The molecule has 0 spiro atoms. The fourth-order valence-electron chi connectivity index (χ4n) is 2.61. The molecule has 0 aliphatic carbocycles. The van der Waals surface area contributed by atoms with Gasteiger partial charge in [0.05, 0.1) is 23.7 Å². The van der Waals surface area contributed by atoms with Gasteiger partial charge in [0.2, 0.25) is 0 Å². The molecule has 0 aliphatic heterocycles. The molecular formula is C20H20N2O2. The van der Waals surface area contributed by atoms with Gasteiger partial charge in [-0.3, -0.25) is 14.8 Å². The highest BCUT2D eigenvalue weighted by Crippen LogP contribution is 2.29. The summed E-state index contributed by atoms with van der Waals surface area (Å²) in [7, 11) is 1.58. The van der Waals surface area contributed by atoms with Crippen LogP contribution in [-0.2, 0) is 5.41 Å². The van der Waals surface area contributed by atoms with Crippen molar-refractivity contribution in [3.05, 3.63) is 65.5 Å². The molecule has 1 aromatic heterocycles. The molecule has 0 amide bonds. The lowest BCUT2D eigenvalue weighted by Gasteiger charge is -2.20.